The van der Waals surface area contributed by atoms with E-state index in [1.165, 1.54) is 0 Å². The summed E-state index contributed by atoms with van der Waals surface area (Å²) in [5.74, 6) is -0.144. The van der Waals surface area contributed by atoms with E-state index < -0.39 is 0 Å². The van der Waals surface area contributed by atoms with Crippen molar-refractivity contribution < 1.29 is 9.59 Å². The van der Waals surface area contributed by atoms with Crippen LogP contribution in [-0.4, -0.2) is 11.8 Å². The number of amides is 2. The van der Waals surface area contributed by atoms with Gasteiger partial charge >= 0.3 is 0 Å². The highest BCUT2D eigenvalue weighted by Crippen LogP contribution is 2.21. The minimum Gasteiger partial charge on any atom is -0.296 e. The molecule has 0 aromatic carbocycles. The lowest BCUT2D eigenvalue weighted by Crippen LogP contribution is -2.45. The average molecular weight is 169 g/mol. The number of carbonyl (C=O) groups is 2. The van der Waals surface area contributed by atoms with Crippen molar-refractivity contribution in [2.45, 2.75) is 33.1 Å². The van der Waals surface area contributed by atoms with Crippen LogP contribution >= 0.6 is 0 Å². The molecule has 3 nitrogen and oxygen atoms in total. The van der Waals surface area contributed by atoms with Crippen LogP contribution in [0.4, 0.5) is 0 Å². The number of hydrogen-bond donors (Lipinski definition) is 1. The van der Waals surface area contributed by atoms with Crippen LogP contribution in [0.1, 0.15) is 33.1 Å². The van der Waals surface area contributed by atoms with Gasteiger partial charge in [-0.15, -0.1) is 0 Å². The molecular formula is C9H15NO2. The molecule has 1 saturated heterocycles. The smallest absolute Gasteiger partial charge is 0.229 e. The quantitative estimate of drug-likeness (QED) is 0.629. The Bertz CT molecular complexity index is 201. The maximum atomic E-state index is 11.2. The maximum Gasteiger partial charge on any atom is 0.229 e. The Morgan fingerprint density at radius 3 is 2.67 bits per heavy atom. The molecule has 0 aromatic heterocycles. The predicted octanol–water partition coefficient (Wildman–Crippen LogP) is 1.09. The second-order valence-electron chi connectivity index (χ2n) is 3.48. The second kappa shape index (κ2) is 3.70. The van der Waals surface area contributed by atoms with Crippen LogP contribution < -0.4 is 5.32 Å². The number of piperidine rings is 1. The summed E-state index contributed by atoms with van der Waals surface area (Å²) in [6.45, 7) is 3.92. The topological polar surface area (TPSA) is 46.2 Å². The van der Waals surface area contributed by atoms with Crippen LogP contribution in [0.25, 0.3) is 0 Å². The van der Waals surface area contributed by atoms with Gasteiger partial charge in [0.25, 0.3) is 0 Å². The van der Waals surface area contributed by atoms with Crippen molar-refractivity contribution in [1.82, 2.24) is 5.32 Å². The van der Waals surface area contributed by atoms with Gasteiger partial charge < -0.3 is 0 Å². The summed E-state index contributed by atoms with van der Waals surface area (Å²) in [6.07, 6.45) is 2.61. The highest BCUT2D eigenvalue weighted by atomic mass is 16.2. The zero-order valence-electron chi connectivity index (χ0n) is 7.59. The molecule has 2 atom stereocenters. The van der Waals surface area contributed by atoms with Crippen molar-refractivity contribution in [3.05, 3.63) is 0 Å². The van der Waals surface area contributed by atoms with E-state index >= 15 is 0 Å². The van der Waals surface area contributed by atoms with E-state index in [0.29, 0.717) is 0 Å². The first-order valence-electron chi connectivity index (χ1n) is 4.49. The minimum atomic E-state index is -0.118. The highest BCUT2D eigenvalue weighted by Gasteiger charge is 2.30. The molecule has 0 aromatic rings. The molecule has 0 bridgehead atoms. The summed E-state index contributed by atoms with van der Waals surface area (Å²) in [7, 11) is 0. The van der Waals surface area contributed by atoms with Gasteiger partial charge in [-0.3, -0.25) is 14.9 Å². The molecule has 1 fully saturated rings. The Balaban J connectivity index is 2.55. The van der Waals surface area contributed by atoms with E-state index in [-0.39, 0.29) is 23.7 Å². The fourth-order valence-electron chi connectivity index (χ4n) is 1.58. The minimum absolute atomic E-state index is 0.000694. The molecule has 0 saturated carbocycles. The van der Waals surface area contributed by atoms with Crippen LogP contribution in [0.2, 0.25) is 0 Å². The van der Waals surface area contributed by atoms with E-state index in [1.54, 1.807) is 0 Å². The van der Waals surface area contributed by atoms with Crippen molar-refractivity contribution in [3.8, 4) is 0 Å². The van der Waals surface area contributed by atoms with Crippen molar-refractivity contribution in [2.24, 2.45) is 11.8 Å². The summed E-state index contributed by atoms with van der Waals surface area (Å²) in [6, 6.07) is 0. The molecule has 0 spiro atoms. The maximum absolute atomic E-state index is 11.2. The number of imide groups is 1. The van der Waals surface area contributed by atoms with Crippen molar-refractivity contribution in [2.75, 3.05) is 0 Å². The standard InChI is InChI=1S/C9H15NO2/c1-3-4-7-5-6(2)8(11)10-9(7)12/h6-7H,3-5H2,1-2H3,(H,10,11,12)/t6-,7-/m1/s1. The summed E-state index contributed by atoms with van der Waals surface area (Å²) < 4.78 is 0. The first-order valence-corrected chi connectivity index (χ1v) is 4.49. The third kappa shape index (κ3) is 1.84. The third-order valence-corrected chi connectivity index (χ3v) is 2.34. The first-order chi connectivity index (χ1) is 5.65. The number of carbonyl (C=O) groups excluding carboxylic acids is 2. The molecule has 68 valence electrons. The van der Waals surface area contributed by atoms with E-state index in [1.807, 2.05) is 13.8 Å². The fraction of sp³-hybridized carbons (Fsp3) is 0.778. The van der Waals surface area contributed by atoms with Crippen LogP contribution in [-0.2, 0) is 9.59 Å². The van der Waals surface area contributed by atoms with Crippen molar-refractivity contribution >= 4 is 11.8 Å². The van der Waals surface area contributed by atoms with Gasteiger partial charge in [0.2, 0.25) is 11.8 Å². The van der Waals surface area contributed by atoms with Gasteiger partial charge in [0.15, 0.2) is 0 Å². The molecule has 1 N–H and O–H groups in total. The van der Waals surface area contributed by atoms with Gasteiger partial charge in [-0.1, -0.05) is 20.3 Å². The Morgan fingerprint density at radius 1 is 1.42 bits per heavy atom. The fourth-order valence-corrected chi connectivity index (χ4v) is 1.58. The Labute approximate surface area is 72.5 Å². The van der Waals surface area contributed by atoms with Crippen LogP contribution in [0.5, 0.6) is 0 Å². The molecule has 1 aliphatic rings. The van der Waals surface area contributed by atoms with Crippen molar-refractivity contribution in [3.63, 3.8) is 0 Å². The molecule has 0 radical (unpaired) electrons. The largest absolute Gasteiger partial charge is 0.296 e. The summed E-state index contributed by atoms with van der Waals surface area (Å²) in [4.78, 5) is 22.2. The zero-order valence-corrected chi connectivity index (χ0v) is 7.59. The second-order valence-corrected chi connectivity index (χ2v) is 3.48. The molecule has 12 heavy (non-hydrogen) atoms. The summed E-state index contributed by atoms with van der Waals surface area (Å²) in [5, 5.41) is 2.39. The van der Waals surface area contributed by atoms with Gasteiger partial charge in [-0.25, -0.2) is 0 Å². The van der Waals surface area contributed by atoms with E-state index in [2.05, 4.69) is 5.32 Å². The van der Waals surface area contributed by atoms with E-state index in [9.17, 15) is 9.59 Å². The summed E-state index contributed by atoms with van der Waals surface area (Å²) >= 11 is 0. The van der Waals surface area contributed by atoms with Gasteiger partial charge in [0.05, 0.1) is 0 Å². The van der Waals surface area contributed by atoms with Crippen LogP contribution in [0.15, 0.2) is 0 Å². The molecule has 1 aliphatic heterocycles. The van der Waals surface area contributed by atoms with Gasteiger partial charge in [-0.05, 0) is 12.8 Å². The van der Waals surface area contributed by atoms with Gasteiger partial charge in [-0.2, -0.15) is 0 Å². The third-order valence-electron chi connectivity index (χ3n) is 2.34. The monoisotopic (exact) mass is 169 g/mol. The lowest BCUT2D eigenvalue weighted by molar-refractivity contribution is -0.139. The molecule has 3 heteroatoms. The highest BCUT2D eigenvalue weighted by molar-refractivity contribution is 5.99. The number of rotatable bonds is 2. The first kappa shape index (κ1) is 9.23. The van der Waals surface area contributed by atoms with Crippen molar-refractivity contribution in [1.29, 1.82) is 0 Å². The number of nitrogens with one attached hydrogen (secondary N) is 1. The predicted molar refractivity (Wildman–Crippen MR) is 45.3 cm³/mol. The SMILES string of the molecule is CCC[C@@H]1C[C@@H](C)C(=O)NC1=O. The molecule has 1 rings (SSSR count). The van der Waals surface area contributed by atoms with E-state index in [4.69, 9.17) is 0 Å². The molecular weight excluding hydrogens is 154 g/mol. The normalized spacial score (nSPS) is 30.2. The molecule has 2 amide bonds. The molecule has 1 heterocycles. The van der Waals surface area contributed by atoms with Crippen LogP contribution in [0.3, 0.4) is 0 Å². The van der Waals surface area contributed by atoms with E-state index in [0.717, 1.165) is 19.3 Å². The lowest BCUT2D eigenvalue weighted by Gasteiger charge is -2.24. The zero-order chi connectivity index (χ0) is 9.14. The Hall–Kier alpha value is -0.860. The lowest BCUT2D eigenvalue weighted by atomic mass is 9.87. The van der Waals surface area contributed by atoms with Gasteiger partial charge in [0.1, 0.15) is 0 Å². The Kier molecular flexibility index (Phi) is 2.84. The summed E-state index contributed by atoms with van der Waals surface area (Å²) in [5.41, 5.74) is 0. The van der Waals surface area contributed by atoms with Crippen LogP contribution in [0, 0.1) is 11.8 Å². The van der Waals surface area contributed by atoms with Gasteiger partial charge in [0, 0.05) is 11.8 Å². The average Bonchev–Trinajstić information content (AvgIpc) is 2.01. The Morgan fingerprint density at radius 2 is 2.08 bits per heavy atom. The molecule has 0 unspecified atom stereocenters. The molecule has 0 aliphatic carbocycles. The number of hydrogen-bond acceptors (Lipinski definition) is 2.